The van der Waals surface area contributed by atoms with Crippen LogP contribution in [-0.2, 0) is 0 Å². The van der Waals surface area contributed by atoms with Crippen LogP contribution < -0.4 is 0 Å². The monoisotopic (exact) mass is 352 g/mol. The van der Waals surface area contributed by atoms with E-state index in [0.717, 1.165) is 0 Å². The van der Waals surface area contributed by atoms with Gasteiger partial charge in [-0.2, -0.15) is 0 Å². The van der Waals surface area contributed by atoms with Crippen LogP contribution in [0.5, 0.6) is 0 Å². The van der Waals surface area contributed by atoms with E-state index in [0.29, 0.717) is 42.2 Å². The Morgan fingerprint density at radius 2 is 1.67 bits per heavy atom. The molecule has 0 aliphatic carbocycles. The molecule has 0 saturated carbocycles. The van der Waals surface area contributed by atoms with Gasteiger partial charge in [-0.3, -0.25) is 9.59 Å². The Labute approximate surface area is 129 Å². The van der Waals surface area contributed by atoms with Crippen molar-refractivity contribution in [1.29, 1.82) is 0 Å². The maximum Gasteiger partial charge on any atom is 0.289 e. The van der Waals surface area contributed by atoms with Crippen molar-refractivity contribution in [3.05, 3.63) is 46.7 Å². The summed E-state index contributed by atoms with van der Waals surface area (Å²) in [7, 11) is 0. The molecule has 21 heavy (non-hydrogen) atoms. The summed E-state index contributed by atoms with van der Waals surface area (Å²) in [5, 5.41) is 0. The molecule has 0 N–H and O–H groups in total. The van der Waals surface area contributed by atoms with Crippen molar-refractivity contribution < 1.29 is 18.4 Å². The van der Waals surface area contributed by atoms with Gasteiger partial charge in [-0.05, 0) is 34.1 Å². The molecule has 0 atom stereocenters. The number of carbonyl (C=O) groups excluding carboxylic acids is 2. The molecule has 3 rings (SSSR count). The summed E-state index contributed by atoms with van der Waals surface area (Å²) in [5.41, 5.74) is 0.532. The molecule has 1 fully saturated rings. The fraction of sp³-hybridized carbons (Fsp3) is 0.286. The van der Waals surface area contributed by atoms with Crippen molar-refractivity contribution in [3.63, 3.8) is 0 Å². The van der Waals surface area contributed by atoms with Gasteiger partial charge in [0, 0.05) is 26.2 Å². The zero-order valence-electron chi connectivity index (χ0n) is 11.1. The second-order valence-electron chi connectivity index (χ2n) is 4.70. The van der Waals surface area contributed by atoms with E-state index < -0.39 is 0 Å². The van der Waals surface area contributed by atoms with E-state index in [1.807, 2.05) is 0 Å². The minimum absolute atomic E-state index is 0.0726. The third kappa shape index (κ3) is 2.87. The number of hydrogen-bond acceptors (Lipinski definition) is 4. The molecule has 6 nitrogen and oxygen atoms in total. The molecule has 2 aromatic rings. The van der Waals surface area contributed by atoms with Crippen LogP contribution in [0.4, 0.5) is 0 Å². The highest BCUT2D eigenvalue weighted by molar-refractivity contribution is 9.10. The van der Waals surface area contributed by atoms with E-state index in [4.69, 9.17) is 8.83 Å². The third-order valence-electron chi connectivity index (χ3n) is 3.41. The number of amides is 2. The fourth-order valence-electron chi connectivity index (χ4n) is 2.27. The van der Waals surface area contributed by atoms with Gasteiger partial charge in [0.1, 0.15) is 6.26 Å². The van der Waals surface area contributed by atoms with Crippen LogP contribution in [0.2, 0.25) is 0 Å². The molecule has 110 valence electrons. The second-order valence-corrected chi connectivity index (χ2v) is 5.48. The number of piperazine rings is 1. The summed E-state index contributed by atoms with van der Waals surface area (Å²) in [6.07, 6.45) is 2.90. The molecule has 1 aliphatic rings. The maximum atomic E-state index is 12.2. The average molecular weight is 353 g/mol. The minimum atomic E-state index is -0.156. The summed E-state index contributed by atoms with van der Waals surface area (Å²) in [6.45, 7) is 1.97. The lowest BCUT2D eigenvalue weighted by Crippen LogP contribution is -2.50. The average Bonchev–Trinajstić information content (AvgIpc) is 3.17. The van der Waals surface area contributed by atoms with Gasteiger partial charge in [-0.1, -0.05) is 0 Å². The van der Waals surface area contributed by atoms with Gasteiger partial charge in [0.2, 0.25) is 0 Å². The van der Waals surface area contributed by atoms with E-state index >= 15 is 0 Å². The quantitative estimate of drug-likeness (QED) is 0.831. The van der Waals surface area contributed by atoms with Crippen LogP contribution in [0.25, 0.3) is 0 Å². The zero-order chi connectivity index (χ0) is 14.8. The first-order chi connectivity index (χ1) is 10.1. The minimum Gasteiger partial charge on any atom is -0.472 e. The molecule has 2 aromatic heterocycles. The Morgan fingerprint density at radius 3 is 2.19 bits per heavy atom. The molecule has 0 radical (unpaired) electrons. The van der Waals surface area contributed by atoms with Gasteiger partial charge in [0.05, 0.1) is 11.8 Å². The van der Waals surface area contributed by atoms with E-state index in [2.05, 4.69) is 15.9 Å². The summed E-state index contributed by atoms with van der Waals surface area (Å²) in [4.78, 5) is 27.8. The van der Waals surface area contributed by atoms with Gasteiger partial charge in [-0.25, -0.2) is 0 Å². The summed E-state index contributed by atoms with van der Waals surface area (Å²) < 4.78 is 10.7. The van der Waals surface area contributed by atoms with Crippen molar-refractivity contribution in [3.8, 4) is 0 Å². The first-order valence-corrected chi connectivity index (χ1v) is 7.30. The first kappa shape index (κ1) is 13.9. The predicted molar refractivity (Wildman–Crippen MR) is 76.9 cm³/mol. The molecule has 1 aliphatic heterocycles. The predicted octanol–water partition coefficient (Wildman–Crippen LogP) is 2.23. The Hall–Kier alpha value is -2.02. The van der Waals surface area contributed by atoms with Crippen LogP contribution in [0.1, 0.15) is 20.9 Å². The molecule has 0 unspecified atom stereocenters. The molecule has 0 spiro atoms. The summed E-state index contributed by atoms with van der Waals surface area (Å²) in [5.74, 6) is 0.0733. The van der Waals surface area contributed by atoms with Gasteiger partial charge in [-0.15, -0.1) is 0 Å². The molecular weight excluding hydrogens is 340 g/mol. The normalized spacial score (nSPS) is 15.3. The van der Waals surface area contributed by atoms with Crippen LogP contribution in [0.15, 0.2) is 44.2 Å². The molecular formula is C14H13BrN2O4. The van der Waals surface area contributed by atoms with Crippen LogP contribution in [0, 0.1) is 0 Å². The van der Waals surface area contributed by atoms with Crippen molar-refractivity contribution in [2.75, 3.05) is 26.2 Å². The number of furan rings is 2. The van der Waals surface area contributed by atoms with E-state index in [-0.39, 0.29) is 11.8 Å². The van der Waals surface area contributed by atoms with E-state index in [9.17, 15) is 9.59 Å². The fourth-order valence-corrected chi connectivity index (χ4v) is 2.57. The lowest BCUT2D eigenvalue weighted by molar-refractivity contribution is 0.0517. The lowest BCUT2D eigenvalue weighted by Gasteiger charge is -2.34. The zero-order valence-corrected chi connectivity index (χ0v) is 12.7. The van der Waals surface area contributed by atoms with E-state index in [1.165, 1.54) is 12.5 Å². The summed E-state index contributed by atoms with van der Waals surface area (Å²) >= 11 is 3.18. The highest BCUT2D eigenvalue weighted by Gasteiger charge is 2.27. The molecule has 0 aromatic carbocycles. The van der Waals surface area contributed by atoms with Crippen molar-refractivity contribution >= 4 is 27.7 Å². The first-order valence-electron chi connectivity index (χ1n) is 6.51. The third-order valence-corrected chi connectivity index (χ3v) is 3.83. The van der Waals surface area contributed by atoms with Crippen LogP contribution >= 0.6 is 15.9 Å². The number of hydrogen-bond donors (Lipinski definition) is 0. The molecule has 0 bridgehead atoms. The van der Waals surface area contributed by atoms with Gasteiger partial charge < -0.3 is 18.6 Å². The lowest BCUT2D eigenvalue weighted by atomic mass is 10.2. The van der Waals surface area contributed by atoms with Gasteiger partial charge >= 0.3 is 0 Å². The Balaban J connectivity index is 1.60. The Kier molecular flexibility index (Phi) is 3.83. The number of carbonyl (C=O) groups is 2. The number of rotatable bonds is 2. The molecule has 2 amide bonds. The topological polar surface area (TPSA) is 66.9 Å². The standard InChI is InChI=1S/C14H13BrN2O4/c15-12-2-1-11(21-12)14(19)17-6-4-16(5-7-17)13(18)10-3-8-20-9-10/h1-3,8-9H,4-7H2. The van der Waals surface area contributed by atoms with E-state index in [1.54, 1.807) is 28.0 Å². The number of halogens is 1. The highest BCUT2D eigenvalue weighted by atomic mass is 79.9. The van der Waals surface area contributed by atoms with Crippen molar-refractivity contribution in [2.45, 2.75) is 0 Å². The largest absolute Gasteiger partial charge is 0.472 e. The smallest absolute Gasteiger partial charge is 0.289 e. The molecule has 7 heteroatoms. The number of nitrogens with zero attached hydrogens (tertiary/aromatic N) is 2. The highest BCUT2D eigenvalue weighted by Crippen LogP contribution is 2.17. The van der Waals surface area contributed by atoms with Gasteiger partial charge in [0.15, 0.2) is 10.4 Å². The van der Waals surface area contributed by atoms with Crippen LogP contribution in [0.3, 0.4) is 0 Å². The summed E-state index contributed by atoms with van der Waals surface area (Å²) in [6, 6.07) is 4.96. The van der Waals surface area contributed by atoms with Gasteiger partial charge in [0.25, 0.3) is 11.8 Å². The molecule has 3 heterocycles. The maximum absolute atomic E-state index is 12.2. The second kappa shape index (κ2) is 5.77. The van der Waals surface area contributed by atoms with Crippen molar-refractivity contribution in [1.82, 2.24) is 9.80 Å². The molecule has 1 saturated heterocycles. The Morgan fingerprint density at radius 1 is 1.00 bits per heavy atom. The Bertz CT molecular complexity index is 642. The van der Waals surface area contributed by atoms with Crippen molar-refractivity contribution in [2.24, 2.45) is 0 Å². The SMILES string of the molecule is O=C(c1ccoc1)N1CCN(C(=O)c2ccc(Br)o2)CC1. The van der Waals surface area contributed by atoms with Crippen LogP contribution in [-0.4, -0.2) is 47.8 Å².